The van der Waals surface area contributed by atoms with E-state index in [4.69, 9.17) is 27.4 Å². The molecule has 0 aliphatic heterocycles. The minimum absolute atomic E-state index is 0.0226. The van der Waals surface area contributed by atoms with Gasteiger partial charge in [-0.15, -0.1) is 0 Å². The van der Waals surface area contributed by atoms with E-state index >= 15 is 0 Å². The lowest BCUT2D eigenvalue weighted by Crippen LogP contribution is -2.18. The number of nitriles is 1. The van der Waals surface area contributed by atoms with Crippen molar-refractivity contribution in [3.05, 3.63) is 65.3 Å². The first-order valence-electron chi connectivity index (χ1n) is 7.53. The minimum Gasteiger partial charge on any atom is -0.282 e. The lowest BCUT2D eigenvalue weighted by atomic mass is 10.1. The molecule has 2 aromatic carbocycles. The van der Waals surface area contributed by atoms with Crippen LogP contribution in [0.2, 0.25) is 5.02 Å². The fraction of sp³-hybridized carbons (Fsp3) is 0. The summed E-state index contributed by atoms with van der Waals surface area (Å²) in [6.07, 6.45) is 1.68. The van der Waals surface area contributed by atoms with Gasteiger partial charge in [-0.1, -0.05) is 23.7 Å². The van der Waals surface area contributed by atoms with Crippen LogP contribution >= 0.6 is 11.6 Å². The molecular weight excluding hydrogens is 388 g/mol. The molecule has 0 bridgehead atoms. The predicted molar refractivity (Wildman–Crippen MR) is 101 cm³/mol. The van der Waals surface area contributed by atoms with Gasteiger partial charge in [0, 0.05) is 10.6 Å². The highest BCUT2D eigenvalue weighted by Crippen LogP contribution is 2.26. The van der Waals surface area contributed by atoms with E-state index in [-0.39, 0.29) is 16.4 Å². The molecule has 3 aromatic rings. The van der Waals surface area contributed by atoms with E-state index in [2.05, 4.69) is 10.4 Å². The minimum atomic E-state index is -3.81. The molecule has 1 heterocycles. The number of amidine groups is 1. The monoisotopic (exact) mass is 400 g/mol. The van der Waals surface area contributed by atoms with Crippen molar-refractivity contribution < 1.29 is 8.42 Å². The molecule has 0 fully saturated rings. The number of primary sulfonamides is 1. The lowest BCUT2D eigenvalue weighted by molar-refractivity contribution is 0.598. The topological polar surface area (TPSA) is 138 Å². The summed E-state index contributed by atoms with van der Waals surface area (Å²) in [4.78, 5) is -0.0226. The van der Waals surface area contributed by atoms with Gasteiger partial charge in [-0.05, 0) is 42.5 Å². The second-order valence-corrected chi connectivity index (χ2v) is 7.48. The second-order valence-electron chi connectivity index (χ2n) is 5.48. The van der Waals surface area contributed by atoms with Crippen LogP contribution in [-0.2, 0) is 10.0 Å². The molecule has 27 heavy (non-hydrogen) atoms. The molecule has 0 radical (unpaired) electrons. The van der Waals surface area contributed by atoms with Gasteiger partial charge >= 0.3 is 0 Å². The van der Waals surface area contributed by atoms with Gasteiger partial charge in [0.2, 0.25) is 10.0 Å². The number of sulfonamides is 1. The summed E-state index contributed by atoms with van der Waals surface area (Å²) in [5, 5.41) is 28.9. The maximum Gasteiger partial charge on any atom is 0.238 e. The van der Waals surface area contributed by atoms with Gasteiger partial charge in [0.25, 0.3) is 0 Å². The Kier molecular flexibility index (Phi) is 4.96. The largest absolute Gasteiger partial charge is 0.282 e. The molecule has 0 amide bonds. The number of aromatic nitrogens is 2. The van der Waals surface area contributed by atoms with Crippen molar-refractivity contribution in [2.24, 2.45) is 5.14 Å². The average Bonchev–Trinajstić information content (AvgIpc) is 3.07. The van der Waals surface area contributed by atoms with Crippen molar-refractivity contribution in [1.82, 2.24) is 15.1 Å². The maximum absolute atomic E-state index is 11.4. The van der Waals surface area contributed by atoms with E-state index in [0.717, 1.165) is 5.56 Å². The molecule has 0 aliphatic carbocycles. The smallest absolute Gasteiger partial charge is 0.238 e. The zero-order chi connectivity index (χ0) is 19.6. The SMILES string of the molecule is N#CNC(=N)c1cc(-c2ccc(Cl)cc2)n(-c2ccc(S(N)(=O)=O)cc2)n1. The molecule has 0 saturated carbocycles. The Balaban J connectivity index is 2.14. The molecule has 0 saturated heterocycles. The third-order valence-electron chi connectivity index (χ3n) is 3.70. The Labute approximate surface area is 160 Å². The number of rotatable bonds is 4. The van der Waals surface area contributed by atoms with E-state index in [9.17, 15) is 8.42 Å². The van der Waals surface area contributed by atoms with Crippen LogP contribution in [0.5, 0.6) is 0 Å². The Hall–Kier alpha value is -3.19. The summed E-state index contributed by atoms with van der Waals surface area (Å²) < 4.78 is 24.4. The van der Waals surface area contributed by atoms with Crippen LogP contribution in [0, 0.1) is 16.9 Å². The van der Waals surface area contributed by atoms with Crippen LogP contribution in [-0.4, -0.2) is 24.0 Å². The first-order chi connectivity index (χ1) is 12.8. The van der Waals surface area contributed by atoms with Gasteiger partial charge in [0.05, 0.1) is 16.3 Å². The first kappa shape index (κ1) is 18.6. The highest BCUT2D eigenvalue weighted by Gasteiger charge is 2.16. The van der Waals surface area contributed by atoms with Crippen LogP contribution in [0.15, 0.2) is 59.5 Å². The van der Waals surface area contributed by atoms with E-state index in [1.165, 1.54) is 12.1 Å². The van der Waals surface area contributed by atoms with E-state index < -0.39 is 10.0 Å². The Morgan fingerprint density at radius 1 is 1.19 bits per heavy atom. The van der Waals surface area contributed by atoms with Crippen molar-refractivity contribution in [3.8, 4) is 23.1 Å². The summed E-state index contributed by atoms with van der Waals surface area (Å²) in [5.41, 5.74) is 2.22. The van der Waals surface area contributed by atoms with Gasteiger partial charge in [-0.3, -0.25) is 10.7 Å². The molecule has 0 atom stereocenters. The normalized spacial score (nSPS) is 11.0. The Bertz CT molecular complexity index is 1150. The van der Waals surface area contributed by atoms with E-state index in [1.54, 1.807) is 53.3 Å². The molecule has 4 N–H and O–H groups in total. The van der Waals surface area contributed by atoms with Gasteiger partial charge in [-0.25, -0.2) is 18.2 Å². The molecule has 1 aromatic heterocycles. The standard InChI is InChI=1S/C17H13ClN6O2S/c18-12-3-1-11(2-4-12)16-9-15(17(20)22-10-19)23-24(16)13-5-7-14(8-6-13)27(21,25)26/h1-9H,(H2,20,22)(H2,21,25,26). The number of halogens is 1. The quantitative estimate of drug-likeness (QED) is 0.267. The third kappa shape index (κ3) is 3.98. The molecule has 3 rings (SSSR count). The summed E-state index contributed by atoms with van der Waals surface area (Å²) in [5.74, 6) is -0.160. The van der Waals surface area contributed by atoms with Crippen LogP contribution < -0.4 is 10.5 Å². The van der Waals surface area contributed by atoms with Gasteiger partial charge in [0.1, 0.15) is 5.69 Å². The maximum atomic E-state index is 11.4. The zero-order valence-corrected chi connectivity index (χ0v) is 15.3. The van der Waals surface area contributed by atoms with Crippen molar-refractivity contribution in [3.63, 3.8) is 0 Å². The molecular formula is C17H13ClN6O2S. The van der Waals surface area contributed by atoms with Crippen LogP contribution in [0.4, 0.5) is 0 Å². The number of nitrogens with zero attached hydrogens (tertiary/aromatic N) is 3. The van der Waals surface area contributed by atoms with Crippen molar-refractivity contribution >= 4 is 27.5 Å². The van der Waals surface area contributed by atoms with Crippen molar-refractivity contribution in [1.29, 1.82) is 10.7 Å². The number of hydrogen-bond acceptors (Lipinski definition) is 5. The predicted octanol–water partition coefficient (Wildman–Crippen LogP) is 2.24. The van der Waals surface area contributed by atoms with Gasteiger partial charge in [0.15, 0.2) is 12.0 Å². The molecule has 0 unspecified atom stereocenters. The van der Waals surface area contributed by atoms with Crippen LogP contribution in [0.3, 0.4) is 0 Å². The van der Waals surface area contributed by atoms with Crippen LogP contribution in [0.25, 0.3) is 16.9 Å². The number of nitrogens with two attached hydrogens (primary N) is 1. The van der Waals surface area contributed by atoms with Crippen molar-refractivity contribution in [2.75, 3.05) is 0 Å². The highest BCUT2D eigenvalue weighted by atomic mass is 35.5. The second kappa shape index (κ2) is 7.20. The van der Waals surface area contributed by atoms with Crippen molar-refractivity contribution in [2.45, 2.75) is 4.90 Å². The fourth-order valence-electron chi connectivity index (χ4n) is 2.42. The summed E-state index contributed by atoms with van der Waals surface area (Å²) in [6.45, 7) is 0. The summed E-state index contributed by atoms with van der Waals surface area (Å²) in [7, 11) is -3.81. The van der Waals surface area contributed by atoms with E-state index in [1.807, 2.05) is 0 Å². The first-order valence-corrected chi connectivity index (χ1v) is 9.45. The van der Waals surface area contributed by atoms with Crippen LogP contribution in [0.1, 0.15) is 5.69 Å². The lowest BCUT2D eigenvalue weighted by Gasteiger charge is -2.08. The number of nitrogens with one attached hydrogen (secondary N) is 2. The van der Waals surface area contributed by atoms with Gasteiger partial charge in [-0.2, -0.15) is 10.4 Å². The average molecular weight is 401 g/mol. The highest BCUT2D eigenvalue weighted by molar-refractivity contribution is 7.89. The zero-order valence-electron chi connectivity index (χ0n) is 13.7. The summed E-state index contributed by atoms with van der Waals surface area (Å²) in [6, 6.07) is 14.5. The molecule has 0 spiro atoms. The van der Waals surface area contributed by atoms with Gasteiger partial charge < -0.3 is 0 Å². The molecule has 10 heteroatoms. The number of benzene rings is 2. The molecule has 0 aliphatic rings. The summed E-state index contributed by atoms with van der Waals surface area (Å²) >= 11 is 5.94. The molecule has 8 nitrogen and oxygen atoms in total. The Morgan fingerprint density at radius 3 is 2.37 bits per heavy atom. The molecule has 136 valence electrons. The van der Waals surface area contributed by atoms with E-state index in [0.29, 0.717) is 16.4 Å². The third-order valence-corrected chi connectivity index (χ3v) is 4.88. The fourth-order valence-corrected chi connectivity index (χ4v) is 3.06. The number of hydrogen-bond donors (Lipinski definition) is 3. The Morgan fingerprint density at radius 2 is 1.81 bits per heavy atom.